The van der Waals surface area contributed by atoms with E-state index in [1.54, 1.807) is 0 Å². The van der Waals surface area contributed by atoms with Gasteiger partial charge in [-0.1, -0.05) is 312 Å². The molecule has 19 heteroatoms. The lowest BCUT2D eigenvalue weighted by atomic mass is 10.0. The van der Waals surface area contributed by atoms with Gasteiger partial charge in [0.2, 0.25) is 0 Å². The van der Waals surface area contributed by atoms with E-state index in [0.717, 1.165) is 141 Å². The fraction of sp³-hybridized carbons (Fsp3) is 0.802. The minimum atomic E-state index is -4.98. The van der Waals surface area contributed by atoms with Crippen LogP contribution in [0.4, 0.5) is 0 Å². The Morgan fingerprint density at radius 2 is 0.520 bits per heavy atom. The third-order valence-electron chi connectivity index (χ3n) is 17.2. The van der Waals surface area contributed by atoms with Crippen LogP contribution in [-0.2, 0) is 65.4 Å². The van der Waals surface area contributed by atoms with Crippen LogP contribution in [0.15, 0.2) is 72.9 Å². The van der Waals surface area contributed by atoms with E-state index in [0.29, 0.717) is 25.7 Å². The van der Waals surface area contributed by atoms with E-state index in [1.807, 2.05) is 0 Å². The molecule has 0 aliphatic rings. The highest BCUT2D eigenvalue weighted by molar-refractivity contribution is 7.47. The zero-order chi connectivity index (χ0) is 73.2. The largest absolute Gasteiger partial charge is 0.472 e. The monoisotopic (exact) mass is 1450 g/mol. The van der Waals surface area contributed by atoms with Crippen LogP contribution in [0.1, 0.15) is 362 Å². The Morgan fingerprint density at radius 1 is 0.290 bits per heavy atom. The topological polar surface area (TPSA) is 237 Å². The second-order valence-corrected chi connectivity index (χ2v) is 29.9. The van der Waals surface area contributed by atoms with Gasteiger partial charge in [-0.25, -0.2) is 9.13 Å². The molecule has 0 radical (unpaired) electrons. The third-order valence-corrected chi connectivity index (χ3v) is 19.1. The molecular formula is C81H146O17P2. The quantitative estimate of drug-likeness (QED) is 0.0169. The van der Waals surface area contributed by atoms with Gasteiger partial charge in [0.25, 0.3) is 0 Å². The molecule has 0 bridgehead atoms. The number of hydrogen-bond acceptors (Lipinski definition) is 15. The van der Waals surface area contributed by atoms with Gasteiger partial charge in [0.1, 0.15) is 19.3 Å². The second kappa shape index (κ2) is 73.8. The van der Waals surface area contributed by atoms with Crippen molar-refractivity contribution in [1.82, 2.24) is 0 Å². The molecule has 0 spiro atoms. The highest BCUT2D eigenvalue weighted by Gasteiger charge is 2.30. The molecule has 0 amide bonds. The Labute approximate surface area is 609 Å². The summed E-state index contributed by atoms with van der Waals surface area (Å²) in [5.74, 6) is -2.19. The van der Waals surface area contributed by atoms with E-state index in [4.69, 9.17) is 37.0 Å². The molecular weight excluding hydrogens is 1310 g/mol. The number of ether oxygens (including phenoxy) is 4. The highest BCUT2D eigenvalue weighted by Crippen LogP contribution is 2.45. The Hall–Kier alpha value is -3.50. The average Bonchev–Trinajstić information content (AvgIpc) is 0.946. The summed E-state index contributed by atoms with van der Waals surface area (Å²) in [6, 6.07) is 0. The Balaban J connectivity index is 5.34. The fourth-order valence-electron chi connectivity index (χ4n) is 11.1. The molecule has 0 aliphatic carbocycles. The number of phosphoric ester groups is 2. The number of carbonyl (C=O) groups excluding carboxylic acids is 4. The van der Waals surface area contributed by atoms with Crippen LogP contribution in [0, 0.1) is 0 Å². The summed E-state index contributed by atoms with van der Waals surface area (Å²) in [6.45, 7) is 4.77. The standard InChI is InChI=1S/C81H146O17P2/c1-5-9-13-17-21-25-29-33-35-36-37-38-40-43-46-50-54-58-62-66-79(84)92-72-77(98-81(86)68-64-60-56-52-48-44-39-34-30-26-22-18-14-10-6-2)74-96-100(89,90)94-70-75(82)69-93-99(87,88)95-73-76(97-80(85)67-63-59-55-51-47-42-32-28-24-20-16-12-8-4)71-91-78(83)65-61-57-53-49-45-41-31-27-23-19-15-11-7-3/h9,13,21,25,27,31,33,35,37-38,43,46,75-77,82H,5-8,10-12,14-20,22-24,26,28-30,32,34,36,39-42,44-45,47-74H2,1-4H3,(H,87,88)(H,89,90)/b13-9-,25-21-,31-27-,35-33-,38-37-,46-43-. The first-order chi connectivity index (χ1) is 48.7. The summed E-state index contributed by atoms with van der Waals surface area (Å²) in [4.78, 5) is 73.0. The van der Waals surface area contributed by atoms with Crippen LogP contribution in [0.5, 0.6) is 0 Å². The van der Waals surface area contributed by atoms with Crippen molar-refractivity contribution in [2.45, 2.75) is 380 Å². The van der Waals surface area contributed by atoms with Gasteiger partial charge in [-0.05, 0) is 96.3 Å². The maximum absolute atomic E-state index is 13.1. The smallest absolute Gasteiger partial charge is 0.462 e. The van der Waals surface area contributed by atoms with Crippen molar-refractivity contribution in [2.24, 2.45) is 0 Å². The van der Waals surface area contributed by atoms with Gasteiger partial charge in [-0.2, -0.15) is 0 Å². The number of unbranched alkanes of at least 4 members (excludes halogenated alkanes) is 38. The molecule has 0 aromatic heterocycles. The molecule has 582 valence electrons. The first-order valence-electron chi connectivity index (χ1n) is 40.2. The van der Waals surface area contributed by atoms with E-state index >= 15 is 0 Å². The zero-order valence-corrected chi connectivity index (χ0v) is 65.4. The first-order valence-corrected chi connectivity index (χ1v) is 43.2. The summed E-state index contributed by atoms with van der Waals surface area (Å²) in [5, 5.41) is 10.6. The van der Waals surface area contributed by atoms with Crippen molar-refractivity contribution in [3.05, 3.63) is 72.9 Å². The summed E-state index contributed by atoms with van der Waals surface area (Å²) in [6.07, 6.45) is 74.5. The predicted octanol–water partition coefficient (Wildman–Crippen LogP) is 23.2. The summed E-state index contributed by atoms with van der Waals surface area (Å²) in [5.41, 5.74) is 0. The molecule has 0 saturated carbocycles. The first kappa shape index (κ1) is 96.5. The molecule has 5 unspecified atom stereocenters. The summed E-state index contributed by atoms with van der Waals surface area (Å²) < 4.78 is 68.6. The van der Waals surface area contributed by atoms with Crippen LogP contribution in [0.25, 0.3) is 0 Å². The SMILES string of the molecule is CC/C=C\C/C=C\C/C=C\C/C=C\C/C=C\CCCCCC(=O)OCC(COP(=O)(O)OCC(O)COP(=O)(O)OCC(COC(=O)CCCCCCC/C=C\CCCCCC)OC(=O)CCCCCCCCCCCCCCC)OC(=O)CCCCCCCCCCCCCCCCC. The van der Waals surface area contributed by atoms with Gasteiger partial charge in [-0.3, -0.25) is 37.3 Å². The van der Waals surface area contributed by atoms with E-state index in [9.17, 15) is 43.2 Å². The second-order valence-electron chi connectivity index (χ2n) is 27.0. The highest BCUT2D eigenvalue weighted by atomic mass is 31.2. The fourth-order valence-corrected chi connectivity index (χ4v) is 12.6. The molecule has 0 heterocycles. The van der Waals surface area contributed by atoms with Gasteiger partial charge in [0.05, 0.1) is 26.4 Å². The Kier molecular flexibility index (Phi) is 71.2. The molecule has 0 saturated heterocycles. The minimum absolute atomic E-state index is 0.0928. The summed E-state index contributed by atoms with van der Waals surface area (Å²) >= 11 is 0. The number of hydrogen-bond donors (Lipinski definition) is 3. The van der Waals surface area contributed by atoms with Gasteiger partial charge in [0, 0.05) is 25.7 Å². The molecule has 0 aromatic carbocycles. The van der Waals surface area contributed by atoms with Gasteiger partial charge < -0.3 is 33.8 Å². The summed E-state index contributed by atoms with van der Waals surface area (Å²) in [7, 11) is -9.95. The molecule has 0 rings (SSSR count). The van der Waals surface area contributed by atoms with Crippen LogP contribution in [-0.4, -0.2) is 96.7 Å². The number of aliphatic hydroxyl groups is 1. The van der Waals surface area contributed by atoms with Crippen molar-refractivity contribution < 1.29 is 80.2 Å². The molecule has 0 fully saturated rings. The predicted molar refractivity (Wildman–Crippen MR) is 409 cm³/mol. The van der Waals surface area contributed by atoms with E-state index < -0.39 is 97.5 Å². The van der Waals surface area contributed by atoms with Gasteiger partial charge >= 0.3 is 39.5 Å². The Bertz CT molecular complexity index is 2180. The van der Waals surface area contributed by atoms with Crippen molar-refractivity contribution in [2.75, 3.05) is 39.6 Å². The minimum Gasteiger partial charge on any atom is -0.462 e. The van der Waals surface area contributed by atoms with Crippen LogP contribution < -0.4 is 0 Å². The zero-order valence-electron chi connectivity index (χ0n) is 63.6. The van der Waals surface area contributed by atoms with E-state index in [-0.39, 0.29) is 25.7 Å². The number of allylic oxidation sites excluding steroid dienone is 12. The molecule has 0 aliphatic heterocycles. The number of esters is 4. The van der Waals surface area contributed by atoms with Gasteiger partial charge in [-0.15, -0.1) is 0 Å². The van der Waals surface area contributed by atoms with Crippen molar-refractivity contribution in [1.29, 1.82) is 0 Å². The van der Waals surface area contributed by atoms with Gasteiger partial charge in [0.15, 0.2) is 12.2 Å². The van der Waals surface area contributed by atoms with Crippen LogP contribution in [0.3, 0.4) is 0 Å². The Morgan fingerprint density at radius 3 is 0.830 bits per heavy atom. The number of rotatable bonds is 76. The lowest BCUT2D eigenvalue weighted by Crippen LogP contribution is -2.30. The molecule has 17 nitrogen and oxygen atoms in total. The maximum atomic E-state index is 13.1. The maximum Gasteiger partial charge on any atom is 0.472 e. The number of phosphoric acid groups is 2. The molecule has 5 atom stereocenters. The molecule has 100 heavy (non-hydrogen) atoms. The number of aliphatic hydroxyl groups excluding tert-OH is 1. The van der Waals surface area contributed by atoms with E-state index in [1.165, 1.54) is 141 Å². The normalized spacial score (nSPS) is 14.3. The van der Waals surface area contributed by atoms with Crippen LogP contribution in [0.2, 0.25) is 0 Å². The van der Waals surface area contributed by atoms with Crippen molar-refractivity contribution in [3.8, 4) is 0 Å². The van der Waals surface area contributed by atoms with Crippen molar-refractivity contribution in [3.63, 3.8) is 0 Å². The van der Waals surface area contributed by atoms with Crippen molar-refractivity contribution >= 4 is 39.5 Å². The lowest BCUT2D eigenvalue weighted by molar-refractivity contribution is -0.161. The van der Waals surface area contributed by atoms with Crippen LogP contribution >= 0.6 is 15.6 Å². The molecule has 3 N–H and O–H groups in total. The molecule has 0 aromatic rings. The third kappa shape index (κ3) is 72.8. The lowest BCUT2D eigenvalue weighted by Gasteiger charge is -2.21. The van der Waals surface area contributed by atoms with E-state index in [2.05, 4.69) is 101 Å². The average molecular weight is 1450 g/mol. The number of carbonyl (C=O) groups is 4.